The van der Waals surface area contributed by atoms with Crippen LogP contribution < -0.4 is 0 Å². The van der Waals surface area contributed by atoms with Gasteiger partial charge in [-0.05, 0) is 80.3 Å². The Balaban J connectivity index is 2.04. The zero-order valence-corrected chi connectivity index (χ0v) is 20.8. The normalized spacial score (nSPS) is 31.9. The summed E-state index contributed by atoms with van der Waals surface area (Å²) in [4.78, 5) is 11.7. The Bertz CT molecular complexity index is 513. The second kappa shape index (κ2) is 10.8. The van der Waals surface area contributed by atoms with E-state index in [2.05, 4.69) is 34.6 Å². The van der Waals surface area contributed by atoms with Gasteiger partial charge in [0.05, 0.1) is 19.1 Å². The Morgan fingerprint density at radius 2 is 1.79 bits per heavy atom. The summed E-state index contributed by atoms with van der Waals surface area (Å²) in [5.74, 6) is 1.40. The first kappa shape index (κ1) is 24.9. The van der Waals surface area contributed by atoms with Gasteiger partial charge in [0.2, 0.25) is 0 Å². The Morgan fingerprint density at radius 1 is 1.14 bits per heavy atom. The molecule has 2 aliphatic carbocycles. The summed E-state index contributed by atoms with van der Waals surface area (Å²) in [6, 6.07) is 3.67. The zero-order chi connectivity index (χ0) is 21.7. The van der Waals surface area contributed by atoms with Gasteiger partial charge in [0.15, 0.2) is 8.32 Å². The van der Waals surface area contributed by atoms with E-state index in [1.165, 1.54) is 50.2 Å². The number of hydrogen-bond donors (Lipinski definition) is 1. The van der Waals surface area contributed by atoms with Crippen molar-refractivity contribution in [2.75, 3.05) is 6.61 Å². The molecule has 2 fully saturated rings. The third kappa shape index (κ3) is 5.65. The van der Waals surface area contributed by atoms with E-state index in [1.54, 1.807) is 6.92 Å². The molecule has 2 aliphatic rings. The minimum absolute atomic E-state index is 0.119. The molecule has 2 saturated carbocycles. The number of aliphatic hydroxyl groups is 1. The van der Waals surface area contributed by atoms with E-state index < -0.39 is 14.4 Å². The molecule has 0 radical (unpaired) electrons. The van der Waals surface area contributed by atoms with Crippen molar-refractivity contribution in [1.29, 1.82) is 0 Å². The molecule has 0 amide bonds. The van der Waals surface area contributed by atoms with Crippen LogP contribution in [0, 0.1) is 23.2 Å². The summed E-state index contributed by atoms with van der Waals surface area (Å²) in [5, 5.41) is 10.4. The number of aliphatic hydroxyl groups excluding tert-OH is 1. The molecule has 4 nitrogen and oxygen atoms in total. The summed E-state index contributed by atoms with van der Waals surface area (Å²) in [5.41, 5.74) is 0.307. The van der Waals surface area contributed by atoms with E-state index in [0.717, 1.165) is 0 Å². The maximum absolute atomic E-state index is 11.7. The summed E-state index contributed by atoms with van der Waals surface area (Å²) in [7, 11) is -1.59. The lowest BCUT2D eigenvalue weighted by atomic mass is 9.61. The second-order valence-corrected chi connectivity index (χ2v) is 14.7. The first-order valence-electron chi connectivity index (χ1n) is 12.3. The minimum atomic E-state index is -1.59. The van der Waals surface area contributed by atoms with Crippen molar-refractivity contribution in [3.8, 4) is 0 Å². The van der Waals surface area contributed by atoms with Crippen LogP contribution in [0.15, 0.2) is 0 Å². The molecule has 0 saturated heterocycles. The number of esters is 1. The summed E-state index contributed by atoms with van der Waals surface area (Å²) in [6.07, 6.45) is 6.89. The number of rotatable bonds is 11. The number of fused-ring (bicyclic) bond motifs is 1. The van der Waals surface area contributed by atoms with Crippen molar-refractivity contribution in [1.82, 2.24) is 0 Å². The fourth-order valence-corrected chi connectivity index (χ4v) is 9.57. The van der Waals surface area contributed by atoms with Crippen LogP contribution in [0.25, 0.3) is 0 Å². The Hall–Kier alpha value is -0.393. The van der Waals surface area contributed by atoms with Crippen LogP contribution in [0.4, 0.5) is 0 Å². The van der Waals surface area contributed by atoms with Crippen molar-refractivity contribution in [2.24, 2.45) is 23.2 Å². The highest BCUT2D eigenvalue weighted by Gasteiger charge is 2.54. The lowest BCUT2D eigenvalue weighted by Crippen LogP contribution is -2.48. The second-order valence-electron chi connectivity index (χ2n) is 9.96. The quantitative estimate of drug-likeness (QED) is 0.328. The van der Waals surface area contributed by atoms with Gasteiger partial charge in [-0.3, -0.25) is 4.79 Å². The fourth-order valence-electron chi connectivity index (χ4n) is 6.65. The molecule has 6 atom stereocenters. The molecular weight excluding hydrogens is 380 g/mol. The van der Waals surface area contributed by atoms with Gasteiger partial charge in [-0.25, -0.2) is 0 Å². The van der Waals surface area contributed by atoms with Crippen molar-refractivity contribution < 1.29 is 19.1 Å². The van der Waals surface area contributed by atoms with E-state index in [4.69, 9.17) is 9.16 Å². The van der Waals surface area contributed by atoms with Crippen LogP contribution in [0.3, 0.4) is 0 Å². The molecule has 0 aliphatic heterocycles. The molecule has 0 spiro atoms. The van der Waals surface area contributed by atoms with E-state index >= 15 is 0 Å². The van der Waals surface area contributed by atoms with Gasteiger partial charge in [0.1, 0.15) is 0 Å². The molecule has 0 unspecified atom stereocenters. The Labute approximate surface area is 180 Å². The predicted octanol–water partition coefficient (Wildman–Crippen LogP) is 5.93. The minimum Gasteiger partial charge on any atom is -0.466 e. The van der Waals surface area contributed by atoms with Crippen molar-refractivity contribution >= 4 is 14.3 Å². The van der Waals surface area contributed by atoms with Crippen LogP contribution in [0.1, 0.15) is 86.5 Å². The number of carbonyl (C=O) groups is 1. The molecule has 0 aromatic carbocycles. The average molecular weight is 427 g/mol. The molecule has 0 aromatic rings. The molecular formula is C24H46O4Si. The molecule has 5 heteroatoms. The summed E-state index contributed by atoms with van der Waals surface area (Å²) >= 11 is 0. The smallest absolute Gasteiger partial charge is 0.308 e. The maximum atomic E-state index is 11.7. The fraction of sp³-hybridized carbons (Fsp3) is 0.958. The number of carbonyl (C=O) groups excluding carboxylic acids is 1. The SMILES string of the molecule is CCOC(=O)C[C@@H](O)C[C@@H](C)[C@H]1CC[C@H]2[C@@H](O[Si](CC)(CC)CC)CCC[C@]12C. The van der Waals surface area contributed by atoms with E-state index in [9.17, 15) is 9.90 Å². The third-order valence-electron chi connectivity index (χ3n) is 8.51. The molecule has 2 rings (SSSR count). The van der Waals surface area contributed by atoms with Crippen LogP contribution in [0.2, 0.25) is 18.1 Å². The summed E-state index contributed by atoms with van der Waals surface area (Å²) < 4.78 is 12.0. The average Bonchev–Trinajstić information content (AvgIpc) is 3.04. The highest BCUT2D eigenvalue weighted by atomic mass is 28.4. The van der Waals surface area contributed by atoms with E-state index in [1.807, 2.05) is 0 Å². The number of ether oxygens (including phenoxy) is 1. The third-order valence-corrected chi connectivity index (χ3v) is 13.2. The molecule has 1 N–H and O–H groups in total. The first-order valence-corrected chi connectivity index (χ1v) is 14.8. The van der Waals surface area contributed by atoms with Gasteiger partial charge in [0.25, 0.3) is 0 Å². The van der Waals surface area contributed by atoms with Crippen LogP contribution in [0.5, 0.6) is 0 Å². The molecule has 170 valence electrons. The van der Waals surface area contributed by atoms with Crippen LogP contribution in [-0.2, 0) is 14.0 Å². The van der Waals surface area contributed by atoms with Gasteiger partial charge in [-0.1, -0.05) is 41.0 Å². The van der Waals surface area contributed by atoms with Gasteiger partial charge < -0.3 is 14.3 Å². The topological polar surface area (TPSA) is 55.8 Å². The van der Waals surface area contributed by atoms with E-state index in [0.29, 0.717) is 42.3 Å². The Morgan fingerprint density at radius 3 is 2.38 bits per heavy atom. The standard InChI is InChI=1S/C24H46O4Si/c1-7-27-23(26)17-19(25)16-18(5)20-13-14-21-22(12-11-15-24(20,21)6)28-29(8-2,9-3)10-4/h18-22,25H,7-17H2,1-6H3/t18-,19+,20-,21+,22+,24-/m1/s1. The predicted molar refractivity (Wildman–Crippen MR) is 121 cm³/mol. The first-order chi connectivity index (χ1) is 13.7. The molecule has 0 aromatic heterocycles. The van der Waals surface area contributed by atoms with Crippen molar-refractivity contribution in [2.45, 2.75) is 117 Å². The van der Waals surface area contributed by atoms with Gasteiger partial charge in [-0.2, -0.15) is 0 Å². The monoisotopic (exact) mass is 426 g/mol. The summed E-state index contributed by atoms with van der Waals surface area (Å²) in [6.45, 7) is 13.9. The highest BCUT2D eigenvalue weighted by Crippen LogP contribution is 2.59. The molecule has 29 heavy (non-hydrogen) atoms. The maximum Gasteiger partial charge on any atom is 0.308 e. The van der Waals surface area contributed by atoms with Gasteiger partial charge >= 0.3 is 5.97 Å². The lowest BCUT2D eigenvalue weighted by Gasteiger charge is -2.49. The largest absolute Gasteiger partial charge is 0.466 e. The number of hydrogen-bond acceptors (Lipinski definition) is 4. The van der Waals surface area contributed by atoms with Crippen molar-refractivity contribution in [3.05, 3.63) is 0 Å². The zero-order valence-electron chi connectivity index (χ0n) is 19.8. The lowest BCUT2D eigenvalue weighted by molar-refractivity contribution is -0.145. The molecule has 0 bridgehead atoms. The molecule has 0 heterocycles. The van der Waals surface area contributed by atoms with E-state index in [-0.39, 0.29) is 12.4 Å². The highest BCUT2D eigenvalue weighted by molar-refractivity contribution is 6.73. The van der Waals surface area contributed by atoms with Crippen LogP contribution in [-0.4, -0.2) is 38.2 Å². The van der Waals surface area contributed by atoms with Crippen molar-refractivity contribution in [3.63, 3.8) is 0 Å². The van der Waals surface area contributed by atoms with Crippen LogP contribution >= 0.6 is 0 Å². The van der Waals surface area contributed by atoms with Gasteiger partial charge in [0, 0.05) is 6.10 Å². The Kier molecular flexibility index (Phi) is 9.23. The van der Waals surface area contributed by atoms with Gasteiger partial charge in [-0.15, -0.1) is 0 Å².